The molecule has 1 fully saturated rings. The van der Waals surface area contributed by atoms with Crippen molar-refractivity contribution in [2.24, 2.45) is 0 Å². The number of hydrogen-bond donors (Lipinski definition) is 0. The van der Waals surface area contributed by atoms with Crippen LogP contribution in [0.3, 0.4) is 0 Å². The van der Waals surface area contributed by atoms with E-state index in [0.717, 1.165) is 5.69 Å². The van der Waals surface area contributed by atoms with E-state index in [2.05, 4.69) is 15.4 Å². The summed E-state index contributed by atoms with van der Waals surface area (Å²) in [4.78, 5) is 27.1. The van der Waals surface area contributed by atoms with E-state index in [1.807, 2.05) is 30.3 Å². The molecule has 1 saturated heterocycles. The lowest BCUT2D eigenvalue weighted by atomic mass is 10.3. The van der Waals surface area contributed by atoms with Crippen molar-refractivity contribution >= 4 is 11.8 Å². The van der Waals surface area contributed by atoms with Crippen LogP contribution in [-0.2, 0) is 0 Å². The number of para-hydroxylation sites is 1. The number of rotatable bonds is 3. The predicted octanol–water partition coefficient (Wildman–Crippen LogP) is 1.78. The molecule has 3 heterocycles. The van der Waals surface area contributed by atoms with E-state index in [0.29, 0.717) is 31.0 Å². The Bertz CT molecular complexity index is 994. The second-order valence-electron chi connectivity index (χ2n) is 6.29. The smallest absolute Gasteiger partial charge is 0.294 e. The first-order valence-corrected chi connectivity index (χ1v) is 8.61. The quantitative estimate of drug-likeness (QED) is 0.701. The van der Waals surface area contributed by atoms with Crippen LogP contribution in [0.5, 0.6) is 0 Å². The number of hydrogen-bond acceptors (Lipinski definition) is 6. The number of aromatic nitrogens is 4. The molecule has 0 spiro atoms. The number of aryl methyl sites for hydroxylation is 2. The summed E-state index contributed by atoms with van der Waals surface area (Å²) in [5, 5.41) is 15.2. The van der Waals surface area contributed by atoms with Crippen LogP contribution in [0.25, 0.3) is 5.69 Å². The summed E-state index contributed by atoms with van der Waals surface area (Å²) in [7, 11) is 0. The summed E-state index contributed by atoms with van der Waals surface area (Å²) in [5.74, 6) is -0.191. The van der Waals surface area contributed by atoms with Crippen molar-refractivity contribution in [3.63, 3.8) is 0 Å². The Balaban J connectivity index is 1.60. The summed E-state index contributed by atoms with van der Waals surface area (Å²) in [6.45, 7) is 4.30. The molecule has 0 saturated carbocycles. The van der Waals surface area contributed by atoms with Gasteiger partial charge in [0.05, 0.1) is 11.4 Å². The van der Waals surface area contributed by atoms with Gasteiger partial charge in [-0.25, -0.2) is 10.0 Å². The molecule has 0 atom stereocenters. The molecule has 3 aromatic rings. The van der Waals surface area contributed by atoms with Gasteiger partial charge in [0.15, 0.2) is 11.4 Å². The molecule has 2 aromatic heterocycles. The average Bonchev–Trinajstić information content (AvgIpc) is 3.41. The highest BCUT2D eigenvalue weighted by Crippen LogP contribution is 2.19. The minimum absolute atomic E-state index is 0.178. The fourth-order valence-electron chi connectivity index (χ4n) is 3.01. The molecule has 0 radical (unpaired) electrons. The number of carbonyl (C=O) groups is 2. The van der Waals surface area contributed by atoms with Crippen LogP contribution in [0, 0.1) is 13.8 Å². The summed E-state index contributed by atoms with van der Waals surface area (Å²) >= 11 is 0. The summed E-state index contributed by atoms with van der Waals surface area (Å²) in [6, 6.07) is 10.9. The molecule has 27 heavy (non-hydrogen) atoms. The molecule has 1 aliphatic rings. The molecular weight excluding hydrogens is 348 g/mol. The van der Waals surface area contributed by atoms with Gasteiger partial charge in [-0.2, -0.15) is 9.90 Å². The van der Waals surface area contributed by atoms with Gasteiger partial charge in [-0.15, -0.1) is 5.10 Å². The molecule has 0 aliphatic carbocycles. The van der Waals surface area contributed by atoms with E-state index < -0.39 is 0 Å². The van der Waals surface area contributed by atoms with Crippen molar-refractivity contribution in [1.82, 2.24) is 30.2 Å². The molecule has 2 amide bonds. The minimum Gasteiger partial charge on any atom is -0.361 e. The van der Waals surface area contributed by atoms with Crippen molar-refractivity contribution < 1.29 is 14.1 Å². The lowest BCUT2D eigenvalue weighted by Gasteiger charge is -2.26. The van der Waals surface area contributed by atoms with Gasteiger partial charge in [0.2, 0.25) is 0 Å². The van der Waals surface area contributed by atoms with Crippen molar-refractivity contribution in [3.8, 4) is 5.69 Å². The number of hydrazine groups is 1. The van der Waals surface area contributed by atoms with Crippen LogP contribution in [-0.4, -0.2) is 55.1 Å². The molecule has 4 rings (SSSR count). The van der Waals surface area contributed by atoms with Crippen molar-refractivity contribution in [2.75, 3.05) is 13.1 Å². The molecule has 0 unspecified atom stereocenters. The zero-order valence-corrected chi connectivity index (χ0v) is 15.0. The molecule has 138 valence electrons. The SMILES string of the molecule is Cc1cc(C(=O)N2CCCN2C(=O)c2nn(-c3ccccc3)nc2C)no1. The maximum atomic E-state index is 13.0. The van der Waals surface area contributed by atoms with Gasteiger partial charge in [0.1, 0.15) is 5.76 Å². The van der Waals surface area contributed by atoms with Crippen LogP contribution in [0.2, 0.25) is 0 Å². The van der Waals surface area contributed by atoms with E-state index in [4.69, 9.17) is 4.52 Å². The maximum absolute atomic E-state index is 13.0. The molecule has 0 N–H and O–H groups in total. The molecule has 1 aromatic carbocycles. The lowest BCUT2D eigenvalue weighted by Crippen LogP contribution is -2.45. The molecule has 9 nitrogen and oxygen atoms in total. The van der Waals surface area contributed by atoms with E-state index in [9.17, 15) is 9.59 Å². The van der Waals surface area contributed by atoms with Crippen molar-refractivity contribution in [3.05, 3.63) is 59.2 Å². The van der Waals surface area contributed by atoms with Crippen LogP contribution in [0.1, 0.15) is 38.9 Å². The summed E-state index contributed by atoms with van der Waals surface area (Å²) in [5.41, 5.74) is 1.65. The van der Waals surface area contributed by atoms with Gasteiger partial charge in [0, 0.05) is 19.2 Å². The van der Waals surface area contributed by atoms with Crippen LogP contribution in [0.15, 0.2) is 40.9 Å². The average molecular weight is 366 g/mol. The van der Waals surface area contributed by atoms with E-state index in [-0.39, 0.29) is 23.2 Å². The molecule has 0 bridgehead atoms. The highest BCUT2D eigenvalue weighted by atomic mass is 16.5. The van der Waals surface area contributed by atoms with Crippen molar-refractivity contribution in [2.45, 2.75) is 20.3 Å². The fraction of sp³-hybridized carbons (Fsp3) is 0.278. The Hall–Kier alpha value is -3.49. The fourth-order valence-corrected chi connectivity index (χ4v) is 3.01. The minimum atomic E-state index is -0.370. The second-order valence-corrected chi connectivity index (χ2v) is 6.29. The maximum Gasteiger partial charge on any atom is 0.294 e. The van der Waals surface area contributed by atoms with Gasteiger partial charge in [-0.3, -0.25) is 9.59 Å². The van der Waals surface area contributed by atoms with Crippen LogP contribution >= 0.6 is 0 Å². The molecule has 1 aliphatic heterocycles. The zero-order valence-electron chi connectivity index (χ0n) is 15.0. The Morgan fingerprint density at radius 1 is 1.00 bits per heavy atom. The number of nitrogens with zero attached hydrogens (tertiary/aromatic N) is 6. The van der Waals surface area contributed by atoms with Crippen LogP contribution < -0.4 is 0 Å². The first-order valence-electron chi connectivity index (χ1n) is 8.61. The number of benzene rings is 1. The van der Waals surface area contributed by atoms with Gasteiger partial charge in [-0.05, 0) is 32.4 Å². The van der Waals surface area contributed by atoms with Gasteiger partial charge >= 0.3 is 0 Å². The third-order valence-electron chi connectivity index (χ3n) is 4.32. The monoisotopic (exact) mass is 366 g/mol. The summed E-state index contributed by atoms with van der Waals surface area (Å²) in [6.07, 6.45) is 0.681. The highest BCUT2D eigenvalue weighted by Gasteiger charge is 2.35. The number of carbonyl (C=O) groups excluding carboxylic acids is 2. The lowest BCUT2D eigenvalue weighted by molar-refractivity contribution is 0.0175. The van der Waals surface area contributed by atoms with Crippen LogP contribution in [0.4, 0.5) is 0 Å². The Morgan fingerprint density at radius 2 is 1.70 bits per heavy atom. The first kappa shape index (κ1) is 17.0. The van der Waals surface area contributed by atoms with E-state index in [1.165, 1.54) is 14.8 Å². The van der Waals surface area contributed by atoms with Gasteiger partial charge in [0.25, 0.3) is 11.8 Å². The molecular formula is C18H18N6O3. The second kappa shape index (κ2) is 6.67. The van der Waals surface area contributed by atoms with Crippen molar-refractivity contribution in [1.29, 1.82) is 0 Å². The normalized spacial score (nSPS) is 14.0. The van der Waals surface area contributed by atoms with E-state index in [1.54, 1.807) is 19.9 Å². The summed E-state index contributed by atoms with van der Waals surface area (Å²) < 4.78 is 4.97. The number of amides is 2. The topological polar surface area (TPSA) is 97.4 Å². The van der Waals surface area contributed by atoms with E-state index >= 15 is 0 Å². The first-order chi connectivity index (χ1) is 13.0. The zero-order chi connectivity index (χ0) is 19.0. The third-order valence-corrected chi connectivity index (χ3v) is 4.32. The van der Waals surface area contributed by atoms with Gasteiger partial charge in [-0.1, -0.05) is 23.4 Å². The Morgan fingerprint density at radius 3 is 2.37 bits per heavy atom. The van der Waals surface area contributed by atoms with Gasteiger partial charge < -0.3 is 4.52 Å². The third kappa shape index (κ3) is 3.07. The standard InChI is InChI=1S/C18H18N6O3/c1-12-11-15(21-27-12)17(25)22-9-6-10-23(22)18(26)16-13(2)19-24(20-16)14-7-4-3-5-8-14/h3-5,7-8,11H,6,9-10H2,1-2H3. The largest absolute Gasteiger partial charge is 0.361 e. The predicted molar refractivity (Wildman–Crippen MR) is 94.0 cm³/mol. The Labute approximate surface area is 155 Å². The molecule has 9 heteroatoms. The Kier molecular flexibility index (Phi) is 4.19. The highest BCUT2D eigenvalue weighted by molar-refractivity contribution is 5.98.